The molecule has 0 atom stereocenters. The zero-order valence-corrected chi connectivity index (χ0v) is 18.8. The number of aromatic nitrogens is 3. The van der Waals surface area contributed by atoms with Crippen LogP contribution in [0.3, 0.4) is 0 Å². The summed E-state index contributed by atoms with van der Waals surface area (Å²) in [6, 6.07) is 19.3. The Kier molecular flexibility index (Phi) is 5.92. The number of nitriles is 2. The van der Waals surface area contributed by atoms with Gasteiger partial charge in [-0.15, -0.1) is 0 Å². The second-order valence-corrected chi connectivity index (χ2v) is 9.60. The third-order valence-electron chi connectivity index (χ3n) is 4.34. The first kappa shape index (κ1) is 20.5. The van der Waals surface area contributed by atoms with Gasteiger partial charge in [0.1, 0.15) is 0 Å². The van der Waals surface area contributed by atoms with Gasteiger partial charge in [-0.05, 0) is 0 Å². The minimum atomic E-state index is -0.223. The van der Waals surface area contributed by atoms with E-state index in [2.05, 4.69) is 9.97 Å². The monoisotopic (exact) mass is 490 g/mol. The topological polar surface area (TPSA) is 98.6 Å². The first-order valence-electron chi connectivity index (χ1n) is 9.06. The average Bonchev–Trinajstić information content (AvgIpc) is 3.37. The predicted molar refractivity (Wildman–Crippen MR) is 121 cm³/mol. The number of anilines is 3. The van der Waals surface area contributed by atoms with E-state index in [-0.39, 0.29) is 25.6 Å². The van der Waals surface area contributed by atoms with Crippen LogP contribution in [0, 0.1) is 22.7 Å². The Balaban J connectivity index is 1.82. The molecular weight excluding hydrogens is 475 g/mol. The van der Waals surface area contributed by atoms with Crippen molar-refractivity contribution in [1.82, 2.24) is 14.5 Å². The van der Waals surface area contributed by atoms with Crippen molar-refractivity contribution < 1.29 is 0 Å². The summed E-state index contributed by atoms with van der Waals surface area (Å²) in [6.45, 7) is 0. The van der Waals surface area contributed by atoms with Crippen molar-refractivity contribution in [3.63, 3.8) is 0 Å². The second kappa shape index (κ2) is 8.95. The summed E-state index contributed by atoms with van der Waals surface area (Å²) in [7, 11) is 1.57. The summed E-state index contributed by atoms with van der Waals surface area (Å²) in [5.41, 5.74) is 0.665. The molecule has 0 saturated carbocycles. The zero-order chi connectivity index (χ0) is 21.8. The Hall–Kier alpha value is -3.75. The van der Waals surface area contributed by atoms with Gasteiger partial charge in [-0.2, -0.15) is 0 Å². The van der Waals surface area contributed by atoms with Crippen LogP contribution in [-0.2, 0) is 7.05 Å². The van der Waals surface area contributed by atoms with E-state index in [0.29, 0.717) is 15.1 Å². The Morgan fingerprint density at radius 3 is 2.48 bits per heavy atom. The van der Waals surface area contributed by atoms with E-state index in [9.17, 15) is 4.79 Å². The molecule has 0 amide bonds. The maximum atomic E-state index is 12.6. The molecule has 7 nitrogen and oxygen atoms in total. The van der Waals surface area contributed by atoms with E-state index in [1.54, 1.807) is 25.5 Å². The molecule has 0 aliphatic heterocycles. The van der Waals surface area contributed by atoms with Crippen LogP contribution in [0.4, 0.5) is 16.2 Å². The number of para-hydroxylation sites is 1. The van der Waals surface area contributed by atoms with E-state index in [0.717, 1.165) is 26.0 Å². The van der Waals surface area contributed by atoms with Gasteiger partial charge in [-0.25, -0.2) is 0 Å². The first-order valence-corrected chi connectivity index (χ1v) is 11.6. The van der Waals surface area contributed by atoms with E-state index in [1.807, 2.05) is 65.6 Å². The Labute approximate surface area is 187 Å². The molecule has 0 unspecified atom stereocenters. The molecule has 0 aliphatic rings. The van der Waals surface area contributed by atoms with Gasteiger partial charge in [0.2, 0.25) is 0 Å². The van der Waals surface area contributed by atoms with Gasteiger partial charge in [0, 0.05) is 0 Å². The predicted octanol–water partition coefficient (Wildman–Crippen LogP) is 1.79. The van der Waals surface area contributed by atoms with Gasteiger partial charge >= 0.3 is 188 Å². The number of nitrogens with zero attached hydrogens (tertiary/aromatic N) is 6. The minimum absolute atomic E-state index is 0.0644. The SMILES string of the molecule is Cn1c(=C(C#N)C#N)s/c(=C/c2ccc(N(c3ccccc3)c3ncccn3)[se]2)c1=O. The molecule has 9 heteroatoms. The third kappa shape index (κ3) is 4.11. The van der Waals surface area contributed by atoms with Gasteiger partial charge in [0.15, 0.2) is 0 Å². The fourth-order valence-electron chi connectivity index (χ4n) is 2.90. The molecule has 3 aromatic heterocycles. The molecule has 0 spiro atoms. The normalized spacial score (nSPS) is 11.0. The molecule has 4 aromatic rings. The summed E-state index contributed by atoms with van der Waals surface area (Å²) in [5.74, 6) is 0.577. The first-order chi connectivity index (χ1) is 15.1. The van der Waals surface area contributed by atoms with Crippen molar-refractivity contribution in [2.24, 2.45) is 7.05 Å². The van der Waals surface area contributed by atoms with Crippen molar-refractivity contribution in [2.45, 2.75) is 0 Å². The van der Waals surface area contributed by atoms with E-state index >= 15 is 0 Å². The Bertz CT molecular complexity index is 1430. The summed E-state index contributed by atoms with van der Waals surface area (Å²) < 4.78 is 4.24. The molecule has 0 fully saturated rings. The molecule has 0 radical (unpaired) electrons. The molecule has 1 aromatic carbocycles. The van der Waals surface area contributed by atoms with E-state index in [4.69, 9.17) is 10.5 Å². The molecule has 0 aliphatic carbocycles. The van der Waals surface area contributed by atoms with Crippen molar-refractivity contribution in [2.75, 3.05) is 4.90 Å². The van der Waals surface area contributed by atoms with Crippen LogP contribution in [0.15, 0.2) is 65.7 Å². The second-order valence-electron chi connectivity index (χ2n) is 6.27. The van der Waals surface area contributed by atoms with Crippen molar-refractivity contribution >= 4 is 53.7 Å². The number of rotatable bonds is 4. The van der Waals surface area contributed by atoms with Gasteiger partial charge in [-0.1, -0.05) is 0 Å². The van der Waals surface area contributed by atoms with Crippen LogP contribution in [-0.4, -0.2) is 29.0 Å². The number of benzene rings is 1. The molecule has 4 rings (SSSR count). The van der Waals surface area contributed by atoms with Crippen LogP contribution < -0.4 is 19.7 Å². The van der Waals surface area contributed by atoms with Crippen molar-refractivity contribution in [3.8, 4) is 12.1 Å². The molecule has 3 heterocycles. The van der Waals surface area contributed by atoms with Crippen LogP contribution >= 0.6 is 11.3 Å². The third-order valence-corrected chi connectivity index (χ3v) is 7.66. The zero-order valence-electron chi connectivity index (χ0n) is 16.3. The molecular formula is C22H14N6OSSe. The van der Waals surface area contributed by atoms with E-state index in [1.165, 1.54) is 4.57 Å². The summed E-state index contributed by atoms with van der Waals surface area (Å²) in [4.78, 5) is 23.4. The Morgan fingerprint density at radius 1 is 1.10 bits per heavy atom. The number of thiazole rings is 1. The van der Waals surface area contributed by atoms with E-state index < -0.39 is 0 Å². The number of hydrogen-bond donors (Lipinski definition) is 0. The van der Waals surface area contributed by atoms with Crippen LogP contribution in [0.1, 0.15) is 4.44 Å². The van der Waals surface area contributed by atoms with Gasteiger partial charge in [-0.3, -0.25) is 0 Å². The molecule has 0 N–H and O–H groups in total. The molecule has 0 bridgehead atoms. The molecule has 0 saturated heterocycles. The molecule has 150 valence electrons. The fraction of sp³-hybridized carbons (Fsp3) is 0.0455. The summed E-state index contributed by atoms with van der Waals surface area (Å²) in [6.07, 6.45) is 5.24. The van der Waals surface area contributed by atoms with Gasteiger partial charge < -0.3 is 0 Å². The van der Waals surface area contributed by atoms with Gasteiger partial charge in [0.25, 0.3) is 0 Å². The van der Waals surface area contributed by atoms with Crippen LogP contribution in [0.25, 0.3) is 11.6 Å². The fourth-order valence-corrected chi connectivity index (χ4v) is 6.13. The van der Waals surface area contributed by atoms with Crippen LogP contribution in [0.5, 0.6) is 0 Å². The van der Waals surface area contributed by atoms with Crippen molar-refractivity contribution in [1.29, 1.82) is 10.5 Å². The van der Waals surface area contributed by atoms with Gasteiger partial charge in [0.05, 0.1) is 0 Å². The summed E-state index contributed by atoms with van der Waals surface area (Å²) >= 11 is 1.06. The standard InChI is InChI=1S/C22H14N6OSSe/c1-27-20(29)18(30-21(27)15(13-23)14-24)12-17-8-9-19(31-17)28(16-6-3-2-4-7-16)22-25-10-5-11-26-22/h2-12H,1H3/b18-12+. The summed E-state index contributed by atoms with van der Waals surface area (Å²) in [5, 5.41) is 18.3. The van der Waals surface area contributed by atoms with Crippen molar-refractivity contribution in [3.05, 3.63) is 84.9 Å². The maximum absolute atomic E-state index is 12.6. The Morgan fingerprint density at radius 2 is 1.81 bits per heavy atom. The quantitative estimate of drug-likeness (QED) is 0.406. The average molecular weight is 489 g/mol. The number of hydrogen-bond acceptors (Lipinski definition) is 7. The molecule has 31 heavy (non-hydrogen) atoms. The van der Waals surface area contributed by atoms with Crippen LogP contribution in [0.2, 0.25) is 0 Å².